The number of aromatic nitrogens is 2. The van der Waals surface area contributed by atoms with Crippen molar-refractivity contribution in [2.45, 2.75) is 26.2 Å². The number of para-hydroxylation sites is 1. The maximum absolute atomic E-state index is 10.4. The van der Waals surface area contributed by atoms with Crippen molar-refractivity contribution in [3.63, 3.8) is 0 Å². The molecule has 1 unspecified atom stereocenters. The van der Waals surface area contributed by atoms with E-state index in [-0.39, 0.29) is 5.92 Å². The Bertz CT molecular complexity index is 2570. The van der Waals surface area contributed by atoms with Gasteiger partial charge in [0.1, 0.15) is 11.9 Å². The number of benzene rings is 3. The molecule has 6 nitrogen and oxygen atoms in total. The van der Waals surface area contributed by atoms with Gasteiger partial charge in [-0.05, 0) is 90.9 Å². The predicted octanol–water partition coefficient (Wildman–Crippen LogP) is 10.7. The molecule has 0 bridgehead atoms. The molecular formula is C46H34N6. The number of fused-ring (bicyclic) bond motifs is 4. The van der Waals surface area contributed by atoms with Crippen molar-refractivity contribution in [2.75, 3.05) is 5.32 Å². The SMILES string of the molecule is C=Cc1c(/C=C\C)c2c(n1-c1cccc(-c3ccc(-c4cccc(C#N)c4-n4c5c(c6c4NC=CC=C6)C=C(C#N)CC5)cc3)c1)C=CC(C#N)C2. The van der Waals surface area contributed by atoms with E-state index in [9.17, 15) is 15.8 Å². The Kier molecular flexibility index (Phi) is 8.24. The molecule has 6 heteroatoms. The highest BCUT2D eigenvalue weighted by Crippen LogP contribution is 2.43. The number of rotatable bonds is 6. The minimum Gasteiger partial charge on any atom is -0.347 e. The predicted molar refractivity (Wildman–Crippen MR) is 211 cm³/mol. The van der Waals surface area contributed by atoms with Crippen molar-refractivity contribution >= 4 is 36.2 Å². The summed E-state index contributed by atoms with van der Waals surface area (Å²) in [5.41, 5.74) is 14.7. The van der Waals surface area contributed by atoms with Crippen molar-refractivity contribution in [2.24, 2.45) is 5.92 Å². The van der Waals surface area contributed by atoms with Gasteiger partial charge in [0, 0.05) is 51.1 Å². The molecule has 3 aromatic carbocycles. The van der Waals surface area contributed by atoms with E-state index in [0.29, 0.717) is 24.8 Å². The Balaban J connectivity index is 1.22. The number of hydrogen-bond acceptors (Lipinski definition) is 4. The fraction of sp³-hybridized carbons (Fsp3) is 0.109. The van der Waals surface area contributed by atoms with E-state index < -0.39 is 0 Å². The Morgan fingerprint density at radius 2 is 1.69 bits per heavy atom. The molecular weight excluding hydrogens is 637 g/mol. The van der Waals surface area contributed by atoms with Gasteiger partial charge < -0.3 is 9.88 Å². The van der Waals surface area contributed by atoms with Gasteiger partial charge in [0.2, 0.25) is 0 Å². The van der Waals surface area contributed by atoms with Crippen LogP contribution < -0.4 is 5.32 Å². The summed E-state index contributed by atoms with van der Waals surface area (Å²) < 4.78 is 4.43. The van der Waals surface area contributed by atoms with Gasteiger partial charge in [-0.3, -0.25) is 4.57 Å². The molecule has 0 saturated heterocycles. The number of nitrogens with one attached hydrogen (secondary N) is 1. The molecule has 0 saturated carbocycles. The second kappa shape index (κ2) is 13.3. The zero-order valence-corrected chi connectivity index (χ0v) is 28.8. The highest BCUT2D eigenvalue weighted by molar-refractivity contribution is 5.87. The first-order valence-corrected chi connectivity index (χ1v) is 17.4. The van der Waals surface area contributed by atoms with Gasteiger partial charge in [-0.15, -0.1) is 0 Å². The molecule has 0 radical (unpaired) electrons. The van der Waals surface area contributed by atoms with E-state index in [1.807, 2.05) is 61.7 Å². The van der Waals surface area contributed by atoms with Gasteiger partial charge in [0.25, 0.3) is 0 Å². The summed E-state index contributed by atoms with van der Waals surface area (Å²) in [5.74, 6) is 0.727. The van der Waals surface area contributed by atoms with Crippen LogP contribution in [0, 0.1) is 39.9 Å². The third kappa shape index (κ3) is 5.25. The molecule has 3 aliphatic rings. The van der Waals surface area contributed by atoms with Crippen molar-refractivity contribution in [3.8, 4) is 51.8 Å². The molecule has 52 heavy (non-hydrogen) atoms. The van der Waals surface area contributed by atoms with Crippen molar-refractivity contribution in [3.05, 3.63) is 154 Å². The van der Waals surface area contributed by atoms with Crippen LogP contribution in [0.25, 0.3) is 64.0 Å². The molecule has 2 aromatic heterocycles. The molecule has 2 aliphatic carbocycles. The first-order chi connectivity index (χ1) is 25.6. The standard InChI is InChI=1S/C46H34N6/c1-3-9-38-40-24-30(27-47)15-21-43(40)51(42(38)4-2)36-12-7-10-34(26-36)32-17-19-33(20-18-32)37-14-8-11-35(29-49)45(37)52-44-22-16-31(28-48)25-41(44)39-13-5-6-23-50-46(39)52/h3-15,17-21,23,25-26,30,50H,2,16,22,24H2,1H3/b9-3-. The quantitative estimate of drug-likeness (QED) is 0.195. The van der Waals surface area contributed by atoms with Gasteiger partial charge in [-0.1, -0.05) is 85.5 Å². The lowest BCUT2D eigenvalue weighted by Crippen LogP contribution is -2.10. The Morgan fingerprint density at radius 1 is 0.865 bits per heavy atom. The molecule has 0 fully saturated rings. The van der Waals surface area contributed by atoms with E-state index in [1.54, 1.807) is 0 Å². The Labute approximate surface area is 303 Å². The van der Waals surface area contributed by atoms with E-state index in [0.717, 1.165) is 84.4 Å². The molecule has 3 heterocycles. The summed E-state index contributed by atoms with van der Waals surface area (Å²) in [6.45, 7) is 6.18. The molecule has 248 valence electrons. The highest BCUT2D eigenvalue weighted by Gasteiger charge is 2.28. The smallest absolute Gasteiger partial charge is 0.122 e. The van der Waals surface area contributed by atoms with Gasteiger partial charge in [-0.25, -0.2) is 0 Å². The second-order valence-electron chi connectivity index (χ2n) is 13.0. The average molecular weight is 671 g/mol. The van der Waals surface area contributed by atoms with Crippen LogP contribution in [0.1, 0.15) is 58.2 Å². The lowest BCUT2D eigenvalue weighted by Gasteiger charge is -2.20. The summed E-state index contributed by atoms with van der Waals surface area (Å²) in [6, 6.07) is 30.1. The maximum Gasteiger partial charge on any atom is 0.122 e. The van der Waals surface area contributed by atoms with E-state index in [4.69, 9.17) is 0 Å². The number of nitriles is 3. The van der Waals surface area contributed by atoms with Crippen LogP contribution in [0.3, 0.4) is 0 Å². The third-order valence-corrected chi connectivity index (χ3v) is 10.1. The monoisotopic (exact) mass is 670 g/mol. The largest absolute Gasteiger partial charge is 0.347 e. The topological polar surface area (TPSA) is 93.3 Å². The molecule has 8 rings (SSSR count). The highest BCUT2D eigenvalue weighted by atomic mass is 15.1. The van der Waals surface area contributed by atoms with E-state index in [1.165, 1.54) is 0 Å². The normalized spacial score (nSPS) is 15.3. The van der Waals surface area contributed by atoms with Crippen LogP contribution in [-0.2, 0) is 12.8 Å². The van der Waals surface area contributed by atoms with Crippen molar-refractivity contribution in [1.29, 1.82) is 15.8 Å². The minimum absolute atomic E-state index is 0.153. The molecule has 0 spiro atoms. The first kappa shape index (κ1) is 32.2. The molecule has 0 amide bonds. The summed E-state index contributed by atoms with van der Waals surface area (Å²) in [5, 5.41) is 33.3. The average Bonchev–Trinajstić information content (AvgIpc) is 3.54. The Morgan fingerprint density at radius 3 is 2.46 bits per heavy atom. The maximum atomic E-state index is 10.4. The lowest BCUT2D eigenvalue weighted by molar-refractivity contribution is 0.804. The summed E-state index contributed by atoms with van der Waals surface area (Å²) in [4.78, 5) is 0. The zero-order chi connectivity index (χ0) is 35.8. The van der Waals surface area contributed by atoms with Gasteiger partial charge in [0.15, 0.2) is 0 Å². The number of anilines is 1. The molecule has 1 aliphatic heterocycles. The van der Waals surface area contributed by atoms with E-state index >= 15 is 0 Å². The van der Waals surface area contributed by atoms with Gasteiger partial charge in [0.05, 0.1) is 35.0 Å². The summed E-state index contributed by atoms with van der Waals surface area (Å²) >= 11 is 0. The fourth-order valence-corrected chi connectivity index (χ4v) is 7.80. The van der Waals surface area contributed by atoms with Crippen molar-refractivity contribution < 1.29 is 0 Å². The first-order valence-electron chi connectivity index (χ1n) is 17.4. The van der Waals surface area contributed by atoms with Crippen LogP contribution in [0.4, 0.5) is 5.82 Å². The Hall–Kier alpha value is -7.07. The van der Waals surface area contributed by atoms with Gasteiger partial charge in [-0.2, -0.15) is 15.8 Å². The van der Waals surface area contributed by atoms with Crippen LogP contribution in [0.5, 0.6) is 0 Å². The van der Waals surface area contributed by atoms with Crippen LogP contribution in [0.15, 0.2) is 109 Å². The third-order valence-electron chi connectivity index (χ3n) is 10.1. The number of nitrogens with zero attached hydrogens (tertiary/aromatic N) is 5. The van der Waals surface area contributed by atoms with Crippen LogP contribution in [-0.4, -0.2) is 9.13 Å². The minimum atomic E-state index is -0.153. The summed E-state index contributed by atoms with van der Waals surface area (Å²) in [7, 11) is 0. The molecule has 5 aromatic rings. The van der Waals surface area contributed by atoms with Crippen molar-refractivity contribution in [1.82, 2.24) is 9.13 Å². The van der Waals surface area contributed by atoms with Gasteiger partial charge >= 0.3 is 0 Å². The second-order valence-corrected chi connectivity index (χ2v) is 13.0. The summed E-state index contributed by atoms with van der Waals surface area (Å²) in [6.07, 6.45) is 22.0. The van der Waals surface area contributed by atoms with Crippen LogP contribution in [0.2, 0.25) is 0 Å². The number of allylic oxidation sites excluding steroid dienone is 5. The fourth-order valence-electron chi connectivity index (χ4n) is 7.80. The van der Waals surface area contributed by atoms with Crippen LogP contribution >= 0.6 is 0 Å². The molecule has 1 atom stereocenters. The molecule has 1 N–H and O–H groups in total. The number of hydrogen-bond donors (Lipinski definition) is 1. The lowest BCUT2D eigenvalue weighted by atomic mass is 9.91. The zero-order valence-electron chi connectivity index (χ0n) is 28.8. The van der Waals surface area contributed by atoms with E-state index in [2.05, 4.69) is 112 Å².